The third-order valence-electron chi connectivity index (χ3n) is 4.58. The summed E-state index contributed by atoms with van der Waals surface area (Å²) >= 11 is 6.04. The summed E-state index contributed by atoms with van der Waals surface area (Å²) in [6.45, 7) is 1.62. The molecule has 0 radical (unpaired) electrons. The number of nitro benzene ring substituents is 1. The summed E-state index contributed by atoms with van der Waals surface area (Å²) in [5.41, 5.74) is 1.12. The number of nitrogens with zero attached hydrogens (tertiary/aromatic N) is 2. The van der Waals surface area contributed by atoms with Crippen LogP contribution in [-0.4, -0.2) is 42.7 Å². The molecule has 2 aliphatic rings. The van der Waals surface area contributed by atoms with E-state index in [9.17, 15) is 10.1 Å². The van der Waals surface area contributed by atoms with Gasteiger partial charge in [-0.25, -0.2) is 0 Å². The summed E-state index contributed by atoms with van der Waals surface area (Å²) in [4.78, 5) is 13.1. The van der Waals surface area contributed by atoms with Gasteiger partial charge in [0.1, 0.15) is 0 Å². The lowest BCUT2D eigenvalue weighted by molar-refractivity contribution is -0.386. The van der Waals surface area contributed by atoms with Crippen molar-refractivity contribution in [3.8, 4) is 5.75 Å². The zero-order chi connectivity index (χ0) is 17.3. The number of ether oxygens (including phenoxy) is 1. The molecular formula is C17H22ClN3O3. The van der Waals surface area contributed by atoms with E-state index in [1.165, 1.54) is 6.07 Å². The highest BCUT2D eigenvalue weighted by molar-refractivity contribution is 6.31. The molecule has 1 N–H and O–H groups in total. The number of rotatable bonds is 5. The van der Waals surface area contributed by atoms with Gasteiger partial charge in [-0.1, -0.05) is 11.6 Å². The van der Waals surface area contributed by atoms with E-state index in [4.69, 9.17) is 16.3 Å². The quantitative estimate of drug-likeness (QED) is 0.650. The molecule has 1 aliphatic heterocycles. The minimum atomic E-state index is -0.639. The van der Waals surface area contributed by atoms with Crippen molar-refractivity contribution in [1.82, 2.24) is 10.2 Å². The highest BCUT2D eigenvalue weighted by Crippen LogP contribution is 2.46. The fourth-order valence-corrected chi connectivity index (χ4v) is 3.61. The molecule has 1 aliphatic carbocycles. The largest absolute Gasteiger partial charge is 0.461 e. The smallest absolute Gasteiger partial charge is 0.313 e. The van der Waals surface area contributed by atoms with Crippen LogP contribution in [0.4, 0.5) is 5.69 Å². The highest BCUT2D eigenvalue weighted by Gasteiger charge is 2.43. The molecule has 0 spiro atoms. The lowest BCUT2D eigenvalue weighted by Crippen LogP contribution is -2.55. The number of hydrogen-bond donors (Lipinski definition) is 1. The van der Waals surface area contributed by atoms with E-state index in [1.807, 2.05) is 20.2 Å². The van der Waals surface area contributed by atoms with Gasteiger partial charge in [-0.3, -0.25) is 15.4 Å². The molecular weight excluding hydrogens is 330 g/mol. The summed E-state index contributed by atoms with van der Waals surface area (Å²) in [5.74, 6) is 0.312. The van der Waals surface area contributed by atoms with Gasteiger partial charge in [0.25, 0.3) is 0 Å². The van der Waals surface area contributed by atoms with E-state index in [-0.39, 0.29) is 5.69 Å². The Morgan fingerprint density at radius 1 is 1.42 bits per heavy atom. The van der Waals surface area contributed by atoms with Crippen LogP contribution in [0.3, 0.4) is 0 Å². The van der Waals surface area contributed by atoms with Crippen molar-refractivity contribution >= 4 is 23.4 Å². The van der Waals surface area contributed by atoms with Gasteiger partial charge in [-0.15, -0.1) is 0 Å². The number of halogens is 1. The monoisotopic (exact) mass is 351 g/mol. The van der Waals surface area contributed by atoms with Crippen LogP contribution in [-0.2, 0) is 0 Å². The van der Waals surface area contributed by atoms with Crippen LogP contribution >= 0.6 is 11.6 Å². The number of nitro groups is 1. The molecule has 1 fully saturated rings. The zero-order valence-electron chi connectivity index (χ0n) is 14.0. The Kier molecular flexibility index (Phi) is 4.80. The lowest BCUT2D eigenvalue weighted by Gasteiger charge is -2.43. The van der Waals surface area contributed by atoms with Crippen LogP contribution in [0.15, 0.2) is 17.7 Å². The minimum absolute atomic E-state index is 0.0767. The summed E-state index contributed by atoms with van der Waals surface area (Å²) in [5, 5.41) is 15.3. The molecule has 130 valence electrons. The number of likely N-dealkylation sites (N-methyl/N-ethyl adjacent to an activating group) is 1. The first-order chi connectivity index (χ1) is 11.4. The van der Waals surface area contributed by atoms with Crippen LogP contribution in [0, 0.1) is 10.1 Å². The molecule has 0 saturated heterocycles. The maximum atomic E-state index is 11.4. The normalized spacial score (nSPS) is 22.4. The van der Waals surface area contributed by atoms with E-state index < -0.39 is 10.6 Å². The Labute approximate surface area is 146 Å². The second-order valence-electron chi connectivity index (χ2n) is 6.64. The molecule has 7 heteroatoms. The first-order valence-electron chi connectivity index (χ1n) is 8.19. The van der Waals surface area contributed by atoms with E-state index in [0.717, 1.165) is 44.3 Å². The zero-order valence-corrected chi connectivity index (χ0v) is 14.7. The van der Waals surface area contributed by atoms with Crippen LogP contribution in [0.1, 0.15) is 31.2 Å². The van der Waals surface area contributed by atoms with Crippen LogP contribution in [0.5, 0.6) is 5.75 Å². The van der Waals surface area contributed by atoms with Gasteiger partial charge in [-0.05, 0) is 51.1 Å². The lowest BCUT2D eigenvalue weighted by atomic mass is 9.83. The fraction of sp³-hybridized carbons (Fsp3) is 0.529. The first-order valence-corrected chi connectivity index (χ1v) is 8.57. The molecule has 1 aromatic carbocycles. The van der Waals surface area contributed by atoms with Crippen LogP contribution in [0.2, 0.25) is 5.02 Å². The molecule has 1 atom stereocenters. The van der Waals surface area contributed by atoms with Gasteiger partial charge < -0.3 is 9.64 Å². The summed E-state index contributed by atoms with van der Waals surface area (Å²) < 4.78 is 6.25. The Balaban J connectivity index is 1.99. The Morgan fingerprint density at radius 2 is 2.21 bits per heavy atom. The van der Waals surface area contributed by atoms with Gasteiger partial charge >= 0.3 is 5.69 Å². The highest BCUT2D eigenvalue weighted by atomic mass is 35.5. The molecule has 6 nitrogen and oxygen atoms in total. The average Bonchev–Trinajstić information content (AvgIpc) is 2.51. The van der Waals surface area contributed by atoms with Crippen LogP contribution in [0.25, 0.3) is 6.08 Å². The van der Waals surface area contributed by atoms with Crippen molar-refractivity contribution in [3.05, 3.63) is 38.4 Å². The molecule has 0 aromatic heterocycles. The predicted molar refractivity (Wildman–Crippen MR) is 94.5 cm³/mol. The van der Waals surface area contributed by atoms with Crippen molar-refractivity contribution in [2.75, 3.05) is 27.2 Å². The van der Waals surface area contributed by atoms with E-state index in [1.54, 1.807) is 6.07 Å². The van der Waals surface area contributed by atoms with E-state index in [2.05, 4.69) is 10.2 Å². The number of benzene rings is 1. The van der Waals surface area contributed by atoms with Crippen molar-refractivity contribution in [3.63, 3.8) is 0 Å². The van der Waals surface area contributed by atoms with E-state index >= 15 is 0 Å². The SMILES string of the molecule is CN(C)CCNC12CCCCC1=Cc1cc(Cl)cc([N+](=O)[O-])c1O2. The molecule has 1 aromatic rings. The van der Waals surface area contributed by atoms with Gasteiger partial charge in [0.05, 0.1) is 4.92 Å². The maximum absolute atomic E-state index is 11.4. The second-order valence-corrected chi connectivity index (χ2v) is 7.07. The van der Waals surface area contributed by atoms with Gasteiger partial charge in [-0.2, -0.15) is 0 Å². The minimum Gasteiger partial charge on any atom is -0.461 e. The average molecular weight is 352 g/mol. The molecule has 3 rings (SSSR count). The Hall–Kier alpha value is -1.63. The molecule has 1 unspecified atom stereocenters. The molecule has 24 heavy (non-hydrogen) atoms. The maximum Gasteiger partial charge on any atom is 0.313 e. The number of nitrogens with one attached hydrogen (secondary N) is 1. The van der Waals surface area contributed by atoms with Crippen LogP contribution < -0.4 is 10.1 Å². The van der Waals surface area contributed by atoms with Gasteiger partial charge in [0, 0.05) is 36.2 Å². The summed E-state index contributed by atoms with van der Waals surface area (Å²) in [6, 6.07) is 3.09. The third kappa shape index (κ3) is 3.27. The van der Waals surface area contributed by atoms with Crippen molar-refractivity contribution in [2.24, 2.45) is 0 Å². The Morgan fingerprint density at radius 3 is 2.92 bits per heavy atom. The molecule has 1 heterocycles. The number of hydrogen-bond acceptors (Lipinski definition) is 5. The predicted octanol–water partition coefficient (Wildman–Crippen LogP) is 3.45. The van der Waals surface area contributed by atoms with Crippen molar-refractivity contribution < 1.29 is 9.66 Å². The standard InChI is InChI=1S/C17H22ClN3O3/c1-20(2)8-7-19-17-6-4-3-5-13(17)9-12-10-14(18)11-15(21(22)23)16(12)24-17/h9-11,19H,3-8H2,1-2H3. The second kappa shape index (κ2) is 6.70. The molecule has 0 bridgehead atoms. The Bertz CT molecular complexity index is 690. The molecule has 0 amide bonds. The summed E-state index contributed by atoms with van der Waals surface area (Å²) in [7, 11) is 4.03. The summed E-state index contributed by atoms with van der Waals surface area (Å²) in [6.07, 6.45) is 5.88. The van der Waals surface area contributed by atoms with Gasteiger partial charge in [0.2, 0.25) is 5.75 Å². The first kappa shape index (κ1) is 17.2. The topological polar surface area (TPSA) is 67.6 Å². The number of fused-ring (bicyclic) bond motifs is 2. The third-order valence-corrected chi connectivity index (χ3v) is 4.80. The fourth-order valence-electron chi connectivity index (χ4n) is 3.39. The van der Waals surface area contributed by atoms with E-state index in [0.29, 0.717) is 16.3 Å². The van der Waals surface area contributed by atoms with Crippen molar-refractivity contribution in [1.29, 1.82) is 0 Å². The van der Waals surface area contributed by atoms with Gasteiger partial charge in [0.15, 0.2) is 5.72 Å². The van der Waals surface area contributed by atoms with Crippen molar-refractivity contribution in [2.45, 2.75) is 31.4 Å². The molecule has 1 saturated carbocycles.